The van der Waals surface area contributed by atoms with Crippen LogP contribution in [0.1, 0.15) is 60.3 Å². The number of likely N-dealkylation sites (tertiary alicyclic amines) is 1. The highest BCUT2D eigenvalue weighted by Gasteiger charge is 2.45. The number of carboxylic acid groups (broad SMARTS) is 1. The molecule has 2 aliphatic carbocycles. The van der Waals surface area contributed by atoms with Gasteiger partial charge in [-0.05, 0) is 57.6 Å². The number of carboxylic acids is 1. The van der Waals surface area contributed by atoms with Crippen molar-refractivity contribution in [3.8, 4) is 11.1 Å². The van der Waals surface area contributed by atoms with E-state index < -0.39 is 17.0 Å². The fourth-order valence-electron chi connectivity index (χ4n) is 3.44. The van der Waals surface area contributed by atoms with Gasteiger partial charge < -0.3 is 14.7 Å². The Morgan fingerprint density at radius 2 is 1.73 bits per heavy atom. The molecule has 1 saturated heterocycles. The van der Waals surface area contributed by atoms with Gasteiger partial charge in [0.15, 0.2) is 0 Å². The molecule has 5 heteroatoms. The molecule has 2 unspecified atom stereocenters. The molecule has 3 aliphatic rings. The number of rotatable bonds is 3. The van der Waals surface area contributed by atoms with Gasteiger partial charge in [-0.25, -0.2) is 4.79 Å². The lowest BCUT2D eigenvalue weighted by Gasteiger charge is -2.44. The van der Waals surface area contributed by atoms with E-state index in [1.165, 1.54) is 11.1 Å². The van der Waals surface area contributed by atoms with Crippen molar-refractivity contribution in [2.75, 3.05) is 6.54 Å². The van der Waals surface area contributed by atoms with Gasteiger partial charge in [0.2, 0.25) is 0 Å². The predicted molar refractivity (Wildman–Crippen MR) is 102 cm³/mol. The molecule has 3 rings (SSSR count). The highest BCUT2D eigenvalue weighted by atomic mass is 16.6. The molecule has 0 aromatic rings. The van der Waals surface area contributed by atoms with Crippen molar-refractivity contribution < 1.29 is 19.4 Å². The van der Waals surface area contributed by atoms with Crippen LogP contribution in [0.15, 0.2) is 24.3 Å². The van der Waals surface area contributed by atoms with Crippen LogP contribution in [0.5, 0.6) is 0 Å². The minimum Gasteiger partial charge on any atom is -0.481 e. The summed E-state index contributed by atoms with van der Waals surface area (Å²) in [7, 11) is 0. The molecular formula is C21H31NO4. The molecule has 2 atom stereocenters. The number of benzene rings is 1. The van der Waals surface area contributed by atoms with Gasteiger partial charge >= 0.3 is 12.1 Å². The smallest absolute Gasteiger partial charge is 0.410 e. The summed E-state index contributed by atoms with van der Waals surface area (Å²) in [6.07, 6.45) is 2.01. The zero-order valence-corrected chi connectivity index (χ0v) is 16.5. The van der Waals surface area contributed by atoms with Crippen molar-refractivity contribution in [2.24, 2.45) is 5.41 Å². The first kappa shape index (κ1) is 20.3. The molecule has 1 N–H and O–H groups in total. The fraction of sp³-hybridized carbons (Fsp3) is 0.619. The Morgan fingerprint density at radius 1 is 1.19 bits per heavy atom. The Balaban J connectivity index is 0.000000331. The van der Waals surface area contributed by atoms with E-state index >= 15 is 0 Å². The lowest BCUT2D eigenvalue weighted by molar-refractivity contribution is -0.153. The Labute approximate surface area is 156 Å². The van der Waals surface area contributed by atoms with Crippen LogP contribution in [0, 0.1) is 5.41 Å². The van der Waals surface area contributed by atoms with E-state index in [0.717, 1.165) is 6.42 Å². The fourth-order valence-corrected chi connectivity index (χ4v) is 3.44. The van der Waals surface area contributed by atoms with Gasteiger partial charge in [-0.3, -0.25) is 4.79 Å². The van der Waals surface area contributed by atoms with E-state index in [9.17, 15) is 14.7 Å². The van der Waals surface area contributed by atoms with Crippen molar-refractivity contribution >= 4 is 12.1 Å². The van der Waals surface area contributed by atoms with Crippen LogP contribution in [0.2, 0.25) is 0 Å². The first-order chi connectivity index (χ1) is 12.1. The molecule has 0 aromatic carbocycles. The van der Waals surface area contributed by atoms with Gasteiger partial charge in [0, 0.05) is 12.6 Å². The molecule has 0 saturated carbocycles. The minimum absolute atomic E-state index is 0.0605. The third kappa shape index (κ3) is 4.37. The summed E-state index contributed by atoms with van der Waals surface area (Å²) < 4.78 is 5.41. The van der Waals surface area contributed by atoms with E-state index in [1.807, 2.05) is 34.6 Å². The second kappa shape index (κ2) is 7.68. The molecule has 0 radical (unpaired) electrons. The topological polar surface area (TPSA) is 66.8 Å². The lowest BCUT2D eigenvalue weighted by Crippen LogP contribution is -2.53. The Hall–Kier alpha value is -2.04. The summed E-state index contributed by atoms with van der Waals surface area (Å²) in [6, 6.07) is 8.42. The highest BCUT2D eigenvalue weighted by Crippen LogP contribution is 2.39. The van der Waals surface area contributed by atoms with Gasteiger partial charge in [0.25, 0.3) is 0 Å². The van der Waals surface area contributed by atoms with Crippen molar-refractivity contribution in [2.45, 2.75) is 71.9 Å². The van der Waals surface area contributed by atoms with Crippen molar-refractivity contribution in [1.82, 2.24) is 4.90 Å². The minimum atomic E-state index is -0.748. The van der Waals surface area contributed by atoms with Gasteiger partial charge in [-0.1, -0.05) is 38.1 Å². The van der Waals surface area contributed by atoms with E-state index in [0.29, 0.717) is 25.8 Å². The molecule has 1 fully saturated rings. The zero-order chi connectivity index (χ0) is 19.5. The third-order valence-corrected chi connectivity index (χ3v) is 5.35. The monoisotopic (exact) mass is 361 g/mol. The molecule has 0 spiro atoms. The zero-order valence-electron chi connectivity index (χ0n) is 16.5. The number of nitrogens with zero attached hydrogens (tertiary/aromatic N) is 1. The van der Waals surface area contributed by atoms with Crippen LogP contribution in [-0.4, -0.2) is 40.3 Å². The van der Waals surface area contributed by atoms with Crippen molar-refractivity contribution in [3.05, 3.63) is 24.3 Å². The van der Waals surface area contributed by atoms with E-state index in [2.05, 4.69) is 24.3 Å². The van der Waals surface area contributed by atoms with Gasteiger partial charge in [0.1, 0.15) is 5.60 Å². The maximum atomic E-state index is 12.2. The van der Waals surface area contributed by atoms with Crippen LogP contribution in [0.25, 0.3) is 11.1 Å². The molecular weight excluding hydrogens is 330 g/mol. The summed E-state index contributed by atoms with van der Waals surface area (Å²) in [4.78, 5) is 25.4. The molecule has 1 amide bonds. The number of carbonyl (C=O) groups excluding carboxylic acids is 1. The number of aliphatic carboxylic acids is 1. The van der Waals surface area contributed by atoms with E-state index in [1.54, 1.807) is 4.90 Å². The first-order valence-corrected chi connectivity index (χ1v) is 9.45. The van der Waals surface area contributed by atoms with Crippen LogP contribution >= 0.6 is 0 Å². The average Bonchev–Trinajstić information content (AvgIpc) is 2.56. The number of hydrogen-bond acceptors (Lipinski definition) is 3. The molecule has 26 heavy (non-hydrogen) atoms. The van der Waals surface area contributed by atoms with Gasteiger partial charge in [0.05, 0.1) is 5.41 Å². The summed E-state index contributed by atoms with van der Waals surface area (Å²) in [5, 5.41) is 9.48. The number of ether oxygens (including phenoxy) is 1. The lowest BCUT2D eigenvalue weighted by atomic mass is 9.73. The quantitative estimate of drug-likeness (QED) is 0.840. The molecule has 0 bridgehead atoms. The largest absolute Gasteiger partial charge is 0.481 e. The molecule has 144 valence electrons. The van der Waals surface area contributed by atoms with E-state index in [-0.39, 0.29) is 12.1 Å². The number of piperidine rings is 1. The number of amides is 1. The Morgan fingerprint density at radius 3 is 2.04 bits per heavy atom. The first-order valence-electron chi connectivity index (χ1n) is 9.45. The SMILES string of the molecule is CCC1CC(CC)(C(=O)O)CCN1C(=O)OC(C)(C)C.c1cc2ccc1-2. The second-order valence-electron chi connectivity index (χ2n) is 8.21. The van der Waals surface area contributed by atoms with Gasteiger partial charge in [-0.15, -0.1) is 0 Å². The van der Waals surface area contributed by atoms with Crippen LogP contribution in [0.3, 0.4) is 0 Å². The van der Waals surface area contributed by atoms with Crippen LogP contribution in [-0.2, 0) is 9.53 Å². The molecule has 1 heterocycles. The molecule has 0 aromatic heterocycles. The summed E-state index contributed by atoms with van der Waals surface area (Å²) in [6.45, 7) is 9.85. The number of carbonyl (C=O) groups is 2. The number of hydrogen-bond donors (Lipinski definition) is 1. The van der Waals surface area contributed by atoms with Crippen molar-refractivity contribution in [3.63, 3.8) is 0 Å². The predicted octanol–water partition coefficient (Wildman–Crippen LogP) is 4.94. The standard InChI is InChI=1S/C15H27NO4.C6H4/c1-6-11-10-15(7-2,12(17)18)8-9-16(11)13(19)20-14(3,4)5;1-2-6-4-3-5(1)6/h11H,6-10H2,1-5H3,(H,17,18);1-4H. The summed E-state index contributed by atoms with van der Waals surface area (Å²) in [5.74, 6) is -0.748. The van der Waals surface area contributed by atoms with Crippen molar-refractivity contribution in [1.29, 1.82) is 0 Å². The van der Waals surface area contributed by atoms with Crippen LogP contribution < -0.4 is 0 Å². The Bertz CT molecular complexity index is 626. The van der Waals surface area contributed by atoms with E-state index in [4.69, 9.17) is 4.74 Å². The third-order valence-electron chi connectivity index (χ3n) is 5.35. The highest BCUT2D eigenvalue weighted by molar-refractivity contribution is 5.76. The Kier molecular flexibility index (Phi) is 5.99. The maximum Gasteiger partial charge on any atom is 0.410 e. The molecule has 1 aliphatic heterocycles. The van der Waals surface area contributed by atoms with Crippen LogP contribution in [0.4, 0.5) is 4.79 Å². The number of fused-ring (bicyclic) bond motifs is 1. The van der Waals surface area contributed by atoms with Gasteiger partial charge in [-0.2, -0.15) is 0 Å². The average molecular weight is 361 g/mol. The molecule has 5 nitrogen and oxygen atoms in total. The second-order valence-corrected chi connectivity index (χ2v) is 8.21. The summed E-state index contributed by atoms with van der Waals surface area (Å²) in [5.41, 5.74) is 1.63. The normalized spacial score (nSPS) is 23.6. The maximum absolute atomic E-state index is 12.2. The summed E-state index contributed by atoms with van der Waals surface area (Å²) >= 11 is 0.